The lowest BCUT2D eigenvalue weighted by molar-refractivity contribution is -0.141. The van der Waals surface area contributed by atoms with Gasteiger partial charge in [0, 0.05) is 11.4 Å². The molecule has 0 spiro atoms. The Morgan fingerprint density at radius 3 is 2.60 bits per heavy atom. The first-order chi connectivity index (χ1) is 9.23. The zero-order valence-electron chi connectivity index (χ0n) is 11.7. The van der Waals surface area contributed by atoms with Crippen LogP contribution in [0, 0.1) is 6.92 Å². The Morgan fingerprint density at radius 1 is 1.45 bits per heavy atom. The maximum atomic E-state index is 11.6. The first-order valence-electron chi connectivity index (χ1n) is 6.19. The van der Waals surface area contributed by atoms with E-state index in [2.05, 4.69) is 15.6 Å². The molecule has 1 atom stereocenters. The number of thiazole rings is 1. The molecule has 20 heavy (non-hydrogen) atoms. The molecule has 0 aromatic carbocycles. The molecule has 0 saturated carbocycles. The molecule has 0 radical (unpaired) electrons. The van der Waals surface area contributed by atoms with Gasteiger partial charge in [0.05, 0.1) is 17.7 Å². The highest BCUT2D eigenvalue weighted by Crippen LogP contribution is 2.22. The molecule has 1 aromatic heterocycles. The van der Waals surface area contributed by atoms with Crippen LogP contribution >= 0.6 is 11.3 Å². The molecule has 0 saturated heterocycles. The third-order valence-electron chi connectivity index (χ3n) is 2.61. The molecule has 1 rings (SSSR count). The zero-order valence-corrected chi connectivity index (χ0v) is 12.5. The van der Waals surface area contributed by atoms with Crippen LogP contribution in [0.2, 0.25) is 0 Å². The molecule has 2 amide bonds. The summed E-state index contributed by atoms with van der Waals surface area (Å²) in [6.45, 7) is 5.10. The van der Waals surface area contributed by atoms with Crippen molar-refractivity contribution in [3.8, 4) is 0 Å². The minimum Gasteiger partial charge on any atom is -0.481 e. The summed E-state index contributed by atoms with van der Waals surface area (Å²) in [5.41, 5.74) is -0.556. The fourth-order valence-electron chi connectivity index (χ4n) is 1.61. The molecule has 112 valence electrons. The van der Waals surface area contributed by atoms with Crippen molar-refractivity contribution in [2.24, 2.45) is 0 Å². The van der Waals surface area contributed by atoms with Gasteiger partial charge < -0.3 is 15.5 Å². The van der Waals surface area contributed by atoms with E-state index >= 15 is 0 Å². The SMILES string of the molecule is CCc1nc(NC(=O)NCC(C)(O)CC(=O)O)sc1C. The minimum absolute atomic E-state index is 0.157. The van der Waals surface area contributed by atoms with Crippen LogP contribution in [0.25, 0.3) is 0 Å². The number of urea groups is 1. The number of hydrogen-bond donors (Lipinski definition) is 4. The summed E-state index contributed by atoms with van der Waals surface area (Å²) in [6, 6.07) is -0.521. The van der Waals surface area contributed by atoms with E-state index in [1.165, 1.54) is 18.3 Å². The van der Waals surface area contributed by atoms with Gasteiger partial charge in [0.25, 0.3) is 0 Å². The topological polar surface area (TPSA) is 112 Å². The molecule has 8 heteroatoms. The Labute approximate surface area is 121 Å². The van der Waals surface area contributed by atoms with Gasteiger partial charge in [0.1, 0.15) is 0 Å². The predicted octanol–water partition coefficient (Wildman–Crippen LogP) is 1.36. The van der Waals surface area contributed by atoms with Gasteiger partial charge in [-0.2, -0.15) is 0 Å². The number of carbonyl (C=O) groups is 2. The van der Waals surface area contributed by atoms with Crippen molar-refractivity contribution < 1.29 is 19.8 Å². The van der Waals surface area contributed by atoms with Gasteiger partial charge >= 0.3 is 12.0 Å². The summed E-state index contributed by atoms with van der Waals surface area (Å²) in [6.07, 6.45) is 0.350. The van der Waals surface area contributed by atoms with E-state index in [9.17, 15) is 14.7 Å². The lowest BCUT2D eigenvalue weighted by Crippen LogP contribution is -2.43. The summed E-state index contributed by atoms with van der Waals surface area (Å²) in [5.74, 6) is -1.12. The number of nitrogens with one attached hydrogen (secondary N) is 2. The van der Waals surface area contributed by atoms with Crippen molar-refractivity contribution in [2.75, 3.05) is 11.9 Å². The largest absolute Gasteiger partial charge is 0.481 e. The zero-order chi connectivity index (χ0) is 15.3. The maximum absolute atomic E-state index is 11.6. The van der Waals surface area contributed by atoms with Crippen molar-refractivity contribution >= 4 is 28.5 Å². The second-order valence-corrected chi connectivity index (χ2v) is 5.95. The molecule has 0 aliphatic rings. The first kappa shape index (κ1) is 16.4. The van der Waals surface area contributed by atoms with E-state index in [4.69, 9.17) is 5.11 Å². The molecule has 0 aliphatic heterocycles. The maximum Gasteiger partial charge on any atom is 0.321 e. The number of hydrogen-bond acceptors (Lipinski definition) is 5. The van der Waals surface area contributed by atoms with E-state index in [1.54, 1.807) is 0 Å². The van der Waals surface area contributed by atoms with Gasteiger partial charge in [0.15, 0.2) is 5.13 Å². The van der Waals surface area contributed by atoms with Crippen LogP contribution in [0.5, 0.6) is 0 Å². The number of carboxylic acid groups (broad SMARTS) is 1. The number of rotatable bonds is 6. The number of aliphatic hydroxyl groups is 1. The lowest BCUT2D eigenvalue weighted by atomic mass is 10.0. The van der Waals surface area contributed by atoms with Crippen LogP contribution in [-0.2, 0) is 11.2 Å². The molecule has 0 bridgehead atoms. The Hall–Kier alpha value is -1.67. The Bertz CT molecular complexity index is 499. The van der Waals surface area contributed by atoms with E-state index < -0.39 is 24.0 Å². The van der Waals surface area contributed by atoms with E-state index in [0.717, 1.165) is 17.0 Å². The van der Waals surface area contributed by atoms with Crippen LogP contribution in [0.3, 0.4) is 0 Å². The Balaban J connectivity index is 2.49. The standard InChI is InChI=1S/C12H19N3O4S/c1-4-8-7(2)20-11(14-8)15-10(18)13-6-12(3,19)5-9(16)17/h19H,4-6H2,1-3H3,(H,16,17)(H2,13,14,15,18). The number of aryl methyl sites for hydroxylation is 2. The second-order valence-electron chi connectivity index (χ2n) is 4.75. The van der Waals surface area contributed by atoms with Gasteiger partial charge in [0.2, 0.25) is 0 Å². The van der Waals surface area contributed by atoms with Crippen molar-refractivity contribution in [2.45, 2.75) is 39.2 Å². The number of aliphatic carboxylic acids is 1. The van der Waals surface area contributed by atoms with Gasteiger partial charge in [-0.1, -0.05) is 6.92 Å². The lowest BCUT2D eigenvalue weighted by Gasteiger charge is -2.21. The summed E-state index contributed by atoms with van der Waals surface area (Å²) >= 11 is 1.37. The molecule has 1 heterocycles. The minimum atomic E-state index is -1.49. The molecule has 4 N–H and O–H groups in total. The predicted molar refractivity (Wildman–Crippen MR) is 76.1 cm³/mol. The van der Waals surface area contributed by atoms with Gasteiger partial charge in [-0.25, -0.2) is 9.78 Å². The number of anilines is 1. The van der Waals surface area contributed by atoms with Crippen LogP contribution in [0.1, 0.15) is 30.8 Å². The van der Waals surface area contributed by atoms with Crippen molar-refractivity contribution in [3.63, 3.8) is 0 Å². The molecular formula is C12H19N3O4S. The highest BCUT2D eigenvalue weighted by Gasteiger charge is 2.25. The van der Waals surface area contributed by atoms with Gasteiger partial charge in [-0.05, 0) is 20.3 Å². The average molecular weight is 301 g/mol. The third kappa shape index (κ3) is 5.14. The number of nitrogens with zero attached hydrogens (tertiary/aromatic N) is 1. The fraction of sp³-hybridized carbons (Fsp3) is 0.583. The quantitative estimate of drug-likeness (QED) is 0.634. The smallest absolute Gasteiger partial charge is 0.321 e. The number of carboxylic acids is 1. The Morgan fingerprint density at radius 2 is 2.10 bits per heavy atom. The molecular weight excluding hydrogens is 282 g/mol. The van der Waals surface area contributed by atoms with Crippen LogP contribution in [0.15, 0.2) is 0 Å². The number of carbonyl (C=O) groups excluding carboxylic acids is 1. The first-order valence-corrected chi connectivity index (χ1v) is 7.00. The summed E-state index contributed by atoms with van der Waals surface area (Å²) < 4.78 is 0. The molecule has 0 fully saturated rings. The van der Waals surface area contributed by atoms with Crippen molar-refractivity contribution in [1.29, 1.82) is 0 Å². The van der Waals surface area contributed by atoms with Gasteiger partial charge in [-0.3, -0.25) is 10.1 Å². The van der Waals surface area contributed by atoms with E-state index in [-0.39, 0.29) is 6.54 Å². The third-order valence-corrected chi connectivity index (χ3v) is 3.54. The normalized spacial score (nSPS) is 13.6. The molecule has 0 aliphatic carbocycles. The van der Waals surface area contributed by atoms with E-state index in [0.29, 0.717) is 5.13 Å². The van der Waals surface area contributed by atoms with Crippen LogP contribution in [-0.4, -0.2) is 39.3 Å². The number of amides is 2. The summed E-state index contributed by atoms with van der Waals surface area (Å²) in [5, 5.41) is 23.8. The molecule has 7 nitrogen and oxygen atoms in total. The fourth-order valence-corrected chi connectivity index (χ4v) is 2.51. The van der Waals surface area contributed by atoms with Crippen molar-refractivity contribution in [3.05, 3.63) is 10.6 Å². The highest BCUT2D eigenvalue weighted by atomic mass is 32.1. The monoisotopic (exact) mass is 301 g/mol. The Kier molecular flexibility index (Phi) is 5.46. The average Bonchev–Trinajstić information content (AvgIpc) is 2.65. The van der Waals surface area contributed by atoms with E-state index in [1.807, 2.05) is 13.8 Å². The van der Waals surface area contributed by atoms with Crippen LogP contribution < -0.4 is 10.6 Å². The van der Waals surface area contributed by atoms with Gasteiger partial charge in [-0.15, -0.1) is 11.3 Å². The molecule has 1 unspecified atom stereocenters. The highest BCUT2D eigenvalue weighted by molar-refractivity contribution is 7.15. The second kappa shape index (κ2) is 6.67. The van der Waals surface area contributed by atoms with Crippen molar-refractivity contribution in [1.82, 2.24) is 10.3 Å². The van der Waals surface area contributed by atoms with Crippen LogP contribution in [0.4, 0.5) is 9.93 Å². The summed E-state index contributed by atoms with van der Waals surface area (Å²) in [7, 11) is 0. The summed E-state index contributed by atoms with van der Waals surface area (Å²) in [4.78, 5) is 27.5. The molecule has 1 aromatic rings. The number of aromatic nitrogens is 1.